The predicted octanol–water partition coefficient (Wildman–Crippen LogP) is 2.31. The third-order valence-corrected chi connectivity index (χ3v) is 3.01. The molecule has 0 bridgehead atoms. The summed E-state index contributed by atoms with van der Waals surface area (Å²) in [4.78, 5) is 12.0. The van der Waals surface area contributed by atoms with Crippen LogP contribution in [0, 0.1) is 26.6 Å². The number of nitrogens with two attached hydrogens (primary N) is 1. The van der Waals surface area contributed by atoms with E-state index in [0.29, 0.717) is 17.1 Å². The van der Waals surface area contributed by atoms with Crippen LogP contribution in [0.5, 0.6) is 0 Å². The minimum Gasteiger partial charge on any atom is -0.399 e. The number of aromatic amines is 1. The molecule has 0 aliphatic rings. The van der Waals surface area contributed by atoms with Gasteiger partial charge in [-0.15, -0.1) is 0 Å². The maximum Gasteiger partial charge on any atom is 0.259 e. The number of anilines is 2. The summed E-state index contributed by atoms with van der Waals surface area (Å²) in [6, 6.07) is 2.79. The van der Waals surface area contributed by atoms with Gasteiger partial charge in [0.15, 0.2) is 5.82 Å². The van der Waals surface area contributed by atoms with E-state index in [1.54, 1.807) is 6.92 Å². The first-order valence-corrected chi connectivity index (χ1v) is 5.78. The lowest BCUT2D eigenvalue weighted by atomic mass is 10.1. The number of hydrogen-bond acceptors (Lipinski definition) is 3. The Labute approximate surface area is 110 Å². The normalized spacial score (nSPS) is 10.5. The van der Waals surface area contributed by atoms with Gasteiger partial charge in [0.25, 0.3) is 5.91 Å². The first-order valence-electron chi connectivity index (χ1n) is 5.78. The van der Waals surface area contributed by atoms with Crippen LogP contribution in [0.15, 0.2) is 12.1 Å². The molecule has 2 aromatic rings. The number of carbonyl (C=O) groups is 1. The van der Waals surface area contributed by atoms with Gasteiger partial charge in [-0.05, 0) is 38.5 Å². The maximum atomic E-state index is 13.9. The van der Waals surface area contributed by atoms with Crippen LogP contribution in [0.4, 0.5) is 15.9 Å². The Hall–Kier alpha value is -2.37. The van der Waals surface area contributed by atoms with Crippen molar-refractivity contribution >= 4 is 17.4 Å². The zero-order valence-electron chi connectivity index (χ0n) is 11.0. The average Bonchev–Trinajstić information content (AvgIpc) is 2.65. The molecule has 4 N–H and O–H groups in total. The molecule has 100 valence electrons. The van der Waals surface area contributed by atoms with Crippen LogP contribution in [0.25, 0.3) is 0 Å². The highest BCUT2D eigenvalue weighted by Gasteiger charge is 2.17. The molecular formula is C13H15FN4O. The van der Waals surface area contributed by atoms with E-state index < -0.39 is 11.7 Å². The molecule has 19 heavy (non-hydrogen) atoms. The van der Waals surface area contributed by atoms with Gasteiger partial charge in [-0.1, -0.05) is 0 Å². The van der Waals surface area contributed by atoms with E-state index in [-0.39, 0.29) is 5.56 Å². The molecule has 0 atom stereocenters. The van der Waals surface area contributed by atoms with E-state index in [9.17, 15) is 9.18 Å². The molecular weight excluding hydrogens is 247 g/mol. The molecule has 0 radical (unpaired) electrons. The van der Waals surface area contributed by atoms with Gasteiger partial charge in [0.1, 0.15) is 5.82 Å². The molecule has 0 aliphatic heterocycles. The second kappa shape index (κ2) is 4.72. The SMILES string of the molecule is Cc1cc(N)cc(C(=O)Nc2n[nH]c(C)c2C)c1F. The molecule has 5 nitrogen and oxygen atoms in total. The number of nitrogen functional groups attached to an aromatic ring is 1. The number of hydrogen-bond donors (Lipinski definition) is 3. The second-order valence-electron chi connectivity index (χ2n) is 4.48. The highest BCUT2D eigenvalue weighted by atomic mass is 19.1. The van der Waals surface area contributed by atoms with Gasteiger partial charge in [-0.2, -0.15) is 5.10 Å². The Kier molecular flexibility index (Phi) is 3.25. The van der Waals surface area contributed by atoms with Crippen LogP contribution in [-0.2, 0) is 0 Å². The summed E-state index contributed by atoms with van der Waals surface area (Å²) < 4.78 is 13.9. The molecule has 6 heteroatoms. The van der Waals surface area contributed by atoms with Crippen molar-refractivity contribution in [2.75, 3.05) is 11.1 Å². The number of halogens is 1. The number of carbonyl (C=O) groups excluding carboxylic acids is 1. The first kappa shape index (κ1) is 13.1. The summed E-state index contributed by atoms with van der Waals surface area (Å²) in [5, 5.41) is 9.26. The van der Waals surface area contributed by atoms with Crippen molar-refractivity contribution in [1.82, 2.24) is 10.2 Å². The number of nitrogens with one attached hydrogen (secondary N) is 2. The van der Waals surface area contributed by atoms with Gasteiger partial charge >= 0.3 is 0 Å². The fraction of sp³-hybridized carbons (Fsp3) is 0.231. The summed E-state index contributed by atoms with van der Waals surface area (Å²) in [6.07, 6.45) is 0. The van der Waals surface area contributed by atoms with Crippen LogP contribution < -0.4 is 11.1 Å². The molecule has 0 saturated heterocycles. The molecule has 0 spiro atoms. The van der Waals surface area contributed by atoms with Crippen molar-refractivity contribution in [3.05, 3.63) is 40.3 Å². The quantitative estimate of drug-likeness (QED) is 0.726. The number of aryl methyl sites for hydroxylation is 2. The summed E-state index contributed by atoms with van der Waals surface area (Å²) in [6.45, 7) is 5.21. The predicted molar refractivity (Wildman–Crippen MR) is 71.6 cm³/mol. The van der Waals surface area contributed by atoms with Crippen molar-refractivity contribution in [3.63, 3.8) is 0 Å². The molecule has 0 saturated carbocycles. The van der Waals surface area contributed by atoms with Crippen molar-refractivity contribution in [3.8, 4) is 0 Å². The Morgan fingerprint density at radius 2 is 2.05 bits per heavy atom. The summed E-state index contributed by atoms with van der Waals surface area (Å²) in [7, 11) is 0. The van der Waals surface area contributed by atoms with E-state index in [1.165, 1.54) is 12.1 Å². The number of nitrogens with zero attached hydrogens (tertiary/aromatic N) is 1. The average molecular weight is 262 g/mol. The Morgan fingerprint density at radius 3 is 2.63 bits per heavy atom. The lowest BCUT2D eigenvalue weighted by Crippen LogP contribution is -2.16. The van der Waals surface area contributed by atoms with Crippen molar-refractivity contribution < 1.29 is 9.18 Å². The molecule has 0 unspecified atom stereocenters. The number of aromatic nitrogens is 2. The van der Waals surface area contributed by atoms with Crippen molar-refractivity contribution in [1.29, 1.82) is 0 Å². The largest absolute Gasteiger partial charge is 0.399 e. The number of amides is 1. The van der Waals surface area contributed by atoms with E-state index in [1.807, 2.05) is 13.8 Å². The fourth-order valence-corrected chi connectivity index (χ4v) is 1.74. The molecule has 0 aliphatic carbocycles. The van der Waals surface area contributed by atoms with Crippen molar-refractivity contribution in [2.45, 2.75) is 20.8 Å². The van der Waals surface area contributed by atoms with E-state index in [0.717, 1.165) is 11.3 Å². The smallest absolute Gasteiger partial charge is 0.259 e. The Bertz CT molecular complexity index is 648. The minimum atomic E-state index is -0.573. The molecule has 1 heterocycles. The van der Waals surface area contributed by atoms with Gasteiger partial charge < -0.3 is 11.1 Å². The van der Waals surface area contributed by atoms with E-state index in [2.05, 4.69) is 15.5 Å². The number of benzene rings is 1. The first-order chi connectivity index (χ1) is 8.90. The van der Waals surface area contributed by atoms with E-state index >= 15 is 0 Å². The van der Waals surface area contributed by atoms with Gasteiger partial charge in [-0.25, -0.2) is 4.39 Å². The lowest BCUT2D eigenvalue weighted by molar-refractivity contribution is 0.102. The maximum absolute atomic E-state index is 13.9. The molecule has 1 aromatic carbocycles. The minimum absolute atomic E-state index is 0.0856. The van der Waals surface area contributed by atoms with Crippen LogP contribution in [0.2, 0.25) is 0 Å². The zero-order valence-corrected chi connectivity index (χ0v) is 11.0. The van der Waals surface area contributed by atoms with Crippen LogP contribution in [-0.4, -0.2) is 16.1 Å². The fourth-order valence-electron chi connectivity index (χ4n) is 1.74. The highest BCUT2D eigenvalue weighted by Crippen LogP contribution is 2.20. The van der Waals surface area contributed by atoms with Crippen LogP contribution in [0.3, 0.4) is 0 Å². The van der Waals surface area contributed by atoms with Crippen LogP contribution in [0.1, 0.15) is 27.2 Å². The van der Waals surface area contributed by atoms with Gasteiger partial charge in [-0.3, -0.25) is 9.89 Å². The zero-order chi connectivity index (χ0) is 14.2. The van der Waals surface area contributed by atoms with Gasteiger partial charge in [0.2, 0.25) is 0 Å². The molecule has 0 fully saturated rings. The highest BCUT2D eigenvalue weighted by molar-refractivity contribution is 6.05. The number of rotatable bonds is 2. The number of H-pyrrole nitrogens is 1. The summed E-state index contributed by atoms with van der Waals surface area (Å²) >= 11 is 0. The standard InChI is InChI=1S/C13H15FN4O/c1-6-4-9(15)5-10(11(6)14)13(19)16-12-7(2)8(3)17-18-12/h4-5H,15H2,1-3H3,(H2,16,17,18,19). The van der Waals surface area contributed by atoms with Crippen LogP contribution >= 0.6 is 0 Å². The van der Waals surface area contributed by atoms with Crippen molar-refractivity contribution in [2.24, 2.45) is 0 Å². The Morgan fingerprint density at radius 1 is 1.37 bits per heavy atom. The van der Waals surface area contributed by atoms with E-state index in [4.69, 9.17) is 5.73 Å². The van der Waals surface area contributed by atoms with Gasteiger partial charge in [0.05, 0.1) is 5.56 Å². The third-order valence-electron chi connectivity index (χ3n) is 3.01. The lowest BCUT2D eigenvalue weighted by Gasteiger charge is -2.07. The molecule has 2 rings (SSSR count). The summed E-state index contributed by atoms with van der Waals surface area (Å²) in [5.41, 5.74) is 7.88. The Balaban J connectivity index is 2.33. The summed E-state index contributed by atoms with van der Waals surface area (Å²) in [5.74, 6) is -0.749. The second-order valence-corrected chi connectivity index (χ2v) is 4.48. The molecule has 1 amide bonds. The monoisotopic (exact) mass is 262 g/mol. The third kappa shape index (κ3) is 2.42. The van der Waals surface area contributed by atoms with Gasteiger partial charge in [0, 0.05) is 16.9 Å². The topological polar surface area (TPSA) is 83.8 Å². The molecule has 1 aromatic heterocycles.